The van der Waals surface area contributed by atoms with Gasteiger partial charge in [0.05, 0.1) is 0 Å². The summed E-state index contributed by atoms with van der Waals surface area (Å²) in [6.45, 7) is 5.04. The van der Waals surface area contributed by atoms with Crippen LogP contribution in [-0.2, 0) is 29.0 Å². The van der Waals surface area contributed by atoms with Gasteiger partial charge in [0, 0.05) is 39.1 Å². The van der Waals surface area contributed by atoms with E-state index >= 15 is 0 Å². The van der Waals surface area contributed by atoms with E-state index in [2.05, 4.69) is 34.5 Å². The third kappa shape index (κ3) is 8.13. The molecular formula is C32H39ClFN3O2. The van der Waals surface area contributed by atoms with Crippen LogP contribution in [0, 0.1) is 5.82 Å². The molecule has 1 aliphatic rings. The van der Waals surface area contributed by atoms with E-state index in [1.54, 1.807) is 6.07 Å². The molecule has 1 saturated heterocycles. The second-order valence-corrected chi connectivity index (χ2v) is 10.1. The van der Waals surface area contributed by atoms with Crippen LogP contribution in [0.25, 0.3) is 0 Å². The Kier molecular flexibility index (Phi) is 11.5. The first-order valence-corrected chi connectivity index (χ1v) is 13.6. The smallest absolute Gasteiger partial charge is 0.246 e. The molecule has 39 heavy (non-hydrogen) atoms. The number of likely N-dealkylation sites (tertiary alicyclic amines) is 1. The molecule has 0 atom stereocenters. The fourth-order valence-electron chi connectivity index (χ4n) is 5.31. The third-order valence-electron chi connectivity index (χ3n) is 7.56. The summed E-state index contributed by atoms with van der Waals surface area (Å²) in [5.41, 5.74) is 2.22. The third-order valence-corrected chi connectivity index (χ3v) is 7.56. The highest BCUT2D eigenvalue weighted by Gasteiger charge is 2.47. The predicted octanol–water partition coefficient (Wildman–Crippen LogP) is 5.42. The number of hydrogen-bond acceptors (Lipinski definition) is 3. The molecule has 7 heteroatoms. The van der Waals surface area contributed by atoms with E-state index < -0.39 is 5.54 Å². The number of rotatable bonds is 11. The maximum absolute atomic E-state index is 13.9. The molecule has 4 rings (SSSR count). The molecule has 3 aromatic rings. The highest BCUT2D eigenvalue weighted by Crippen LogP contribution is 2.32. The quantitative estimate of drug-likeness (QED) is 0.346. The van der Waals surface area contributed by atoms with E-state index in [9.17, 15) is 14.0 Å². The molecule has 1 heterocycles. The van der Waals surface area contributed by atoms with E-state index in [-0.39, 0.29) is 30.0 Å². The van der Waals surface area contributed by atoms with Crippen molar-refractivity contribution in [3.63, 3.8) is 0 Å². The van der Waals surface area contributed by atoms with Crippen molar-refractivity contribution in [1.82, 2.24) is 15.1 Å². The van der Waals surface area contributed by atoms with Crippen LogP contribution in [0.15, 0.2) is 84.9 Å². The number of carbonyl (C=O) groups is 2. The van der Waals surface area contributed by atoms with Crippen molar-refractivity contribution in [3.05, 3.63) is 107 Å². The van der Waals surface area contributed by atoms with Crippen molar-refractivity contribution in [2.45, 2.75) is 51.1 Å². The van der Waals surface area contributed by atoms with Gasteiger partial charge in [-0.15, -0.1) is 12.4 Å². The molecule has 3 aromatic carbocycles. The molecule has 0 aromatic heterocycles. The minimum absolute atomic E-state index is 0. The van der Waals surface area contributed by atoms with Crippen LogP contribution >= 0.6 is 12.4 Å². The van der Waals surface area contributed by atoms with Gasteiger partial charge in [0.1, 0.15) is 11.4 Å². The second kappa shape index (κ2) is 14.8. The van der Waals surface area contributed by atoms with Gasteiger partial charge in [-0.1, -0.05) is 79.7 Å². The Bertz CT molecular complexity index is 1180. The Balaban J connectivity index is 0.00000420. The molecule has 0 saturated carbocycles. The Labute approximate surface area is 237 Å². The van der Waals surface area contributed by atoms with Crippen molar-refractivity contribution in [2.24, 2.45) is 0 Å². The fraction of sp³-hybridized carbons (Fsp3) is 0.375. The normalized spacial score (nSPS) is 14.7. The number of piperidine rings is 1. The second-order valence-electron chi connectivity index (χ2n) is 10.1. The van der Waals surface area contributed by atoms with Crippen LogP contribution < -0.4 is 5.32 Å². The summed E-state index contributed by atoms with van der Waals surface area (Å²) in [4.78, 5) is 31.5. The van der Waals surface area contributed by atoms with Crippen LogP contribution in [-0.4, -0.2) is 53.3 Å². The van der Waals surface area contributed by atoms with Crippen LogP contribution in [0.3, 0.4) is 0 Å². The summed E-state index contributed by atoms with van der Waals surface area (Å²) in [6, 6.07) is 26.8. The van der Waals surface area contributed by atoms with Crippen LogP contribution in [0.2, 0.25) is 0 Å². The van der Waals surface area contributed by atoms with Crippen LogP contribution in [0.4, 0.5) is 4.39 Å². The topological polar surface area (TPSA) is 52.7 Å². The zero-order chi connectivity index (χ0) is 26.8. The van der Waals surface area contributed by atoms with Gasteiger partial charge in [0.25, 0.3) is 0 Å². The highest BCUT2D eigenvalue weighted by atomic mass is 35.5. The van der Waals surface area contributed by atoms with E-state index in [0.717, 1.165) is 37.2 Å². The van der Waals surface area contributed by atoms with Gasteiger partial charge < -0.3 is 15.1 Å². The maximum Gasteiger partial charge on any atom is 0.246 e. The summed E-state index contributed by atoms with van der Waals surface area (Å²) in [5.74, 6) is -0.419. The van der Waals surface area contributed by atoms with E-state index in [1.165, 1.54) is 17.7 Å². The predicted molar refractivity (Wildman–Crippen MR) is 156 cm³/mol. The van der Waals surface area contributed by atoms with Crippen molar-refractivity contribution in [3.8, 4) is 0 Å². The lowest BCUT2D eigenvalue weighted by molar-refractivity contribution is -0.152. The number of carbonyl (C=O) groups excluding carboxylic acids is 2. The SMILES string of the molecule is CCC(=O)N(Cc1ccccc1)C1(C(=O)NCCc2cccc(F)c2)CCN(CCc2ccccc2)CC1.Cl. The summed E-state index contributed by atoms with van der Waals surface area (Å²) in [5, 5.41) is 3.11. The average molecular weight is 552 g/mol. The van der Waals surface area contributed by atoms with Gasteiger partial charge in [0.2, 0.25) is 11.8 Å². The number of amides is 2. The fourth-order valence-corrected chi connectivity index (χ4v) is 5.31. The Morgan fingerprint density at radius 2 is 1.49 bits per heavy atom. The molecule has 2 amide bonds. The summed E-state index contributed by atoms with van der Waals surface area (Å²) in [6.07, 6.45) is 2.97. The van der Waals surface area contributed by atoms with Gasteiger partial charge in [-0.05, 0) is 54.5 Å². The Hall–Kier alpha value is -3.22. The number of hydrogen-bond donors (Lipinski definition) is 1. The first kappa shape index (κ1) is 30.3. The first-order chi connectivity index (χ1) is 18.5. The highest BCUT2D eigenvalue weighted by molar-refractivity contribution is 5.91. The first-order valence-electron chi connectivity index (χ1n) is 13.6. The summed E-state index contributed by atoms with van der Waals surface area (Å²) in [7, 11) is 0. The molecule has 1 fully saturated rings. The minimum atomic E-state index is -0.923. The number of nitrogens with one attached hydrogen (secondary N) is 1. The van der Waals surface area contributed by atoms with E-state index in [4.69, 9.17) is 0 Å². The van der Waals surface area contributed by atoms with Gasteiger partial charge >= 0.3 is 0 Å². The van der Waals surface area contributed by atoms with Gasteiger partial charge in [-0.3, -0.25) is 9.59 Å². The molecule has 208 valence electrons. The lowest BCUT2D eigenvalue weighted by atomic mass is 9.83. The van der Waals surface area contributed by atoms with Gasteiger partial charge in [-0.25, -0.2) is 4.39 Å². The van der Waals surface area contributed by atoms with Gasteiger partial charge in [0.15, 0.2) is 0 Å². The van der Waals surface area contributed by atoms with E-state index in [0.29, 0.717) is 38.8 Å². The van der Waals surface area contributed by atoms with Crippen molar-refractivity contribution >= 4 is 24.2 Å². The number of benzene rings is 3. The van der Waals surface area contributed by atoms with E-state index in [1.807, 2.05) is 54.3 Å². The average Bonchev–Trinajstić information content (AvgIpc) is 2.96. The van der Waals surface area contributed by atoms with Crippen LogP contribution in [0.5, 0.6) is 0 Å². The Morgan fingerprint density at radius 1 is 0.872 bits per heavy atom. The van der Waals surface area contributed by atoms with Crippen LogP contribution in [0.1, 0.15) is 42.9 Å². The molecule has 0 bridgehead atoms. The summed E-state index contributed by atoms with van der Waals surface area (Å²) >= 11 is 0. The van der Waals surface area contributed by atoms with Gasteiger partial charge in [-0.2, -0.15) is 0 Å². The monoisotopic (exact) mass is 551 g/mol. The van der Waals surface area contributed by atoms with Crippen molar-refractivity contribution in [2.75, 3.05) is 26.2 Å². The molecule has 1 aliphatic heterocycles. The standard InChI is InChI=1S/C32H38FN3O2.ClH/c1-2-30(37)36(25-28-12-7-4-8-13-28)32(31(38)34-20-16-27-14-9-15-29(33)24-27)18-22-35(23-19-32)21-17-26-10-5-3-6-11-26;/h3-15,24H,2,16-23,25H2,1H3,(H,34,38);1H. The maximum atomic E-state index is 13.9. The summed E-state index contributed by atoms with van der Waals surface area (Å²) < 4.78 is 13.6. The molecule has 0 aliphatic carbocycles. The number of halogens is 2. The lowest BCUT2D eigenvalue weighted by Gasteiger charge is -2.47. The number of nitrogens with zero attached hydrogens (tertiary/aromatic N) is 2. The molecule has 5 nitrogen and oxygen atoms in total. The van der Waals surface area contributed by atoms with Crippen molar-refractivity contribution < 1.29 is 14.0 Å². The molecule has 0 radical (unpaired) electrons. The molecule has 0 unspecified atom stereocenters. The minimum Gasteiger partial charge on any atom is -0.354 e. The Morgan fingerprint density at radius 3 is 2.10 bits per heavy atom. The lowest BCUT2D eigenvalue weighted by Crippen LogP contribution is -2.64. The zero-order valence-electron chi connectivity index (χ0n) is 22.7. The molecule has 1 N–H and O–H groups in total. The largest absolute Gasteiger partial charge is 0.354 e. The molecule has 0 spiro atoms. The molecular weight excluding hydrogens is 513 g/mol. The van der Waals surface area contributed by atoms with Crippen molar-refractivity contribution in [1.29, 1.82) is 0 Å². The zero-order valence-corrected chi connectivity index (χ0v) is 23.5.